The van der Waals surface area contributed by atoms with E-state index >= 15 is 0 Å². The summed E-state index contributed by atoms with van der Waals surface area (Å²) in [5.74, 6) is 0.621. The summed E-state index contributed by atoms with van der Waals surface area (Å²) in [6.07, 6.45) is 0.983. The molecule has 3 rings (SSSR count). The highest BCUT2D eigenvalue weighted by molar-refractivity contribution is 7.89. The molecule has 0 aromatic heterocycles. The average molecular weight is 447 g/mol. The highest BCUT2D eigenvalue weighted by Crippen LogP contribution is 2.32. The smallest absolute Gasteiger partial charge is 0.243 e. The van der Waals surface area contributed by atoms with E-state index in [1.54, 1.807) is 6.07 Å². The molecule has 0 spiro atoms. The van der Waals surface area contributed by atoms with E-state index in [1.807, 2.05) is 26.0 Å². The van der Waals surface area contributed by atoms with Gasteiger partial charge in [0.05, 0.1) is 19.1 Å². The Kier molecular flexibility index (Phi) is 7.23. The molecule has 0 saturated carbocycles. The van der Waals surface area contributed by atoms with Crippen molar-refractivity contribution in [3.05, 3.63) is 53.1 Å². The Morgan fingerprint density at radius 1 is 1.03 bits per heavy atom. The minimum absolute atomic E-state index is 0.0249. The first-order chi connectivity index (χ1) is 14.8. The Hall–Kier alpha value is -2.58. The first-order valence-corrected chi connectivity index (χ1v) is 11.8. The van der Waals surface area contributed by atoms with Crippen LogP contribution in [-0.4, -0.2) is 45.9 Å². The van der Waals surface area contributed by atoms with Gasteiger partial charge in [-0.3, -0.25) is 4.79 Å². The normalized spacial score (nSPS) is 15.5. The van der Waals surface area contributed by atoms with Gasteiger partial charge in [0.2, 0.25) is 15.9 Å². The third-order valence-electron chi connectivity index (χ3n) is 5.77. The molecule has 1 amide bonds. The average Bonchev–Trinajstić information content (AvgIpc) is 2.77. The predicted molar refractivity (Wildman–Crippen MR) is 119 cm³/mol. The first-order valence-electron chi connectivity index (χ1n) is 10.3. The summed E-state index contributed by atoms with van der Waals surface area (Å²) >= 11 is 0. The fraction of sp³-hybridized carbons (Fsp3) is 0.435. The van der Waals surface area contributed by atoms with Gasteiger partial charge in [-0.05, 0) is 49.9 Å². The molecule has 0 bridgehead atoms. The molecule has 2 aromatic rings. The first kappa shape index (κ1) is 23.1. The van der Waals surface area contributed by atoms with Crippen LogP contribution in [0.15, 0.2) is 41.3 Å². The van der Waals surface area contributed by atoms with Crippen LogP contribution < -0.4 is 14.8 Å². The van der Waals surface area contributed by atoms with Crippen molar-refractivity contribution in [1.29, 1.82) is 0 Å². The van der Waals surface area contributed by atoms with E-state index < -0.39 is 10.0 Å². The third kappa shape index (κ3) is 5.19. The van der Waals surface area contributed by atoms with E-state index in [4.69, 9.17) is 9.47 Å². The molecule has 0 aliphatic carbocycles. The fourth-order valence-electron chi connectivity index (χ4n) is 3.86. The van der Waals surface area contributed by atoms with E-state index in [0.717, 1.165) is 11.1 Å². The molecule has 0 unspecified atom stereocenters. The number of nitrogens with zero attached hydrogens (tertiary/aromatic N) is 1. The summed E-state index contributed by atoms with van der Waals surface area (Å²) in [6, 6.07) is 10.7. The number of aryl methyl sites for hydroxylation is 2. The van der Waals surface area contributed by atoms with Crippen LogP contribution in [0.25, 0.3) is 0 Å². The topological polar surface area (TPSA) is 84.9 Å². The van der Waals surface area contributed by atoms with Crippen LogP contribution in [0.2, 0.25) is 0 Å². The SMILES string of the molecule is COc1ccc(S(=O)(=O)N2CCC(C(=O)NCc3ccc(C)cc3C)CC2)cc1OC. The molecule has 1 aliphatic heterocycles. The van der Waals surface area contributed by atoms with E-state index in [0.29, 0.717) is 44.0 Å². The second-order valence-corrected chi connectivity index (χ2v) is 9.78. The van der Waals surface area contributed by atoms with Gasteiger partial charge in [0, 0.05) is 31.6 Å². The van der Waals surface area contributed by atoms with Crippen molar-refractivity contribution >= 4 is 15.9 Å². The number of hydrogen-bond donors (Lipinski definition) is 1. The summed E-state index contributed by atoms with van der Waals surface area (Å²) in [5.41, 5.74) is 3.43. The van der Waals surface area contributed by atoms with Gasteiger partial charge in [0.15, 0.2) is 11.5 Å². The zero-order valence-electron chi connectivity index (χ0n) is 18.5. The lowest BCUT2D eigenvalue weighted by atomic mass is 9.97. The molecule has 1 N–H and O–H groups in total. The number of carbonyl (C=O) groups is 1. The number of sulfonamides is 1. The minimum Gasteiger partial charge on any atom is -0.493 e. The van der Waals surface area contributed by atoms with Crippen LogP contribution in [0.3, 0.4) is 0 Å². The number of benzene rings is 2. The molecule has 0 atom stereocenters. The monoisotopic (exact) mass is 446 g/mol. The number of piperidine rings is 1. The number of hydrogen-bond acceptors (Lipinski definition) is 5. The second kappa shape index (κ2) is 9.70. The highest BCUT2D eigenvalue weighted by atomic mass is 32.2. The van der Waals surface area contributed by atoms with Crippen molar-refractivity contribution in [3.63, 3.8) is 0 Å². The Labute approximate surface area is 184 Å². The van der Waals surface area contributed by atoms with Crippen molar-refractivity contribution in [3.8, 4) is 11.5 Å². The van der Waals surface area contributed by atoms with Gasteiger partial charge in [-0.25, -0.2) is 8.42 Å². The Bertz CT molecular complexity index is 1040. The summed E-state index contributed by atoms with van der Waals surface area (Å²) in [5, 5.41) is 3.00. The molecule has 2 aromatic carbocycles. The van der Waals surface area contributed by atoms with Gasteiger partial charge < -0.3 is 14.8 Å². The van der Waals surface area contributed by atoms with Gasteiger partial charge in [-0.15, -0.1) is 0 Å². The van der Waals surface area contributed by atoms with Crippen LogP contribution in [-0.2, 0) is 21.4 Å². The lowest BCUT2D eigenvalue weighted by Gasteiger charge is -2.30. The van der Waals surface area contributed by atoms with Gasteiger partial charge >= 0.3 is 0 Å². The van der Waals surface area contributed by atoms with Gasteiger partial charge in [0.1, 0.15) is 0 Å². The van der Waals surface area contributed by atoms with Crippen molar-refractivity contribution in [1.82, 2.24) is 9.62 Å². The minimum atomic E-state index is -3.67. The molecule has 1 fully saturated rings. The fourth-order valence-corrected chi connectivity index (χ4v) is 5.34. The molecule has 0 radical (unpaired) electrons. The predicted octanol–water partition coefficient (Wildman–Crippen LogP) is 3.04. The lowest BCUT2D eigenvalue weighted by molar-refractivity contribution is -0.126. The van der Waals surface area contributed by atoms with Crippen LogP contribution in [0, 0.1) is 19.8 Å². The van der Waals surface area contributed by atoms with Crippen molar-refractivity contribution in [2.24, 2.45) is 5.92 Å². The maximum absolute atomic E-state index is 13.0. The molecule has 168 valence electrons. The number of methoxy groups -OCH3 is 2. The molecule has 8 heteroatoms. The Morgan fingerprint density at radius 3 is 2.32 bits per heavy atom. The summed E-state index contributed by atoms with van der Waals surface area (Å²) in [7, 11) is -0.697. The molecular formula is C23H30N2O5S. The van der Waals surface area contributed by atoms with Crippen LogP contribution in [0.1, 0.15) is 29.5 Å². The maximum Gasteiger partial charge on any atom is 0.243 e. The van der Waals surface area contributed by atoms with Crippen LogP contribution >= 0.6 is 0 Å². The Balaban J connectivity index is 1.60. The van der Waals surface area contributed by atoms with Gasteiger partial charge in [0.25, 0.3) is 0 Å². The number of nitrogens with one attached hydrogen (secondary N) is 1. The van der Waals surface area contributed by atoms with Gasteiger partial charge in [-0.2, -0.15) is 4.31 Å². The van der Waals surface area contributed by atoms with E-state index in [9.17, 15) is 13.2 Å². The highest BCUT2D eigenvalue weighted by Gasteiger charge is 2.32. The zero-order valence-corrected chi connectivity index (χ0v) is 19.3. The summed E-state index contributed by atoms with van der Waals surface area (Å²) in [4.78, 5) is 12.8. The van der Waals surface area contributed by atoms with Crippen molar-refractivity contribution in [2.75, 3.05) is 27.3 Å². The molecule has 31 heavy (non-hydrogen) atoms. The molecule has 1 heterocycles. The third-order valence-corrected chi connectivity index (χ3v) is 7.66. The number of ether oxygens (including phenoxy) is 2. The van der Waals surface area contributed by atoms with E-state index in [2.05, 4.69) is 11.4 Å². The maximum atomic E-state index is 13.0. The van der Waals surface area contributed by atoms with Crippen molar-refractivity contribution in [2.45, 2.75) is 38.1 Å². The van der Waals surface area contributed by atoms with E-state index in [-0.39, 0.29) is 16.7 Å². The largest absolute Gasteiger partial charge is 0.493 e. The van der Waals surface area contributed by atoms with Crippen molar-refractivity contribution < 1.29 is 22.7 Å². The lowest BCUT2D eigenvalue weighted by Crippen LogP contribution is -2.42. The standard InChI is InChI=1S/C23H30N2O5S/c1-16-5-6-19(17(2)13-16)15-24-23(26)18-9-11-25(12-10-18)31(27,28)20-7-8-21(29-3)22(14-20)30-4/h5-8,13-14,18H,9-12,15H2,1-4H3,(H,24,26). The number of carbonyl (C=O) groups excluding carboxylic acids is 1. The quantitative estimate of drug-likeness (QED) is 0.707. The molecule has 1 saturated heterocycles. The number of rotatable bonds is 7. The summed E-state index contributed by atoms with van der Waals surface area (Å²) in [6.45, 7) is 5.16. The zero-order chi connectivity index (χ0) is 22.6. The molecule has 1 aliphatic rings. The molecular weight excluding hydrogens is 416 g/mol. The number of amides is 1. The van der Waals surface area contributed by atoms with Crippen LogP contribution in [0.5, 0.6) is 11.5 Å². The second-order valence-electron chi connectivity index (χ2n) is 7.84. The van der Waals surface area contributed by atoms with E-state index in [1.165, 1.54) is 36.2 Å². The Morgan fingerprint density at radius 2 is 1.71 bits per heavy atom. The van der Waals surface area contributed by atoms with Crippen LogP contribution in [0.4, 0.5) is 0 Å². The van der Waals surface area contributed by atoms with Gasteiger partial charge in [-0.1, -0.05) is 23.8 Å². The summed E-state index contributed by atoms with van der Waals surface area (Å²) < 4.78 is 37.9. The molecule has 7 nitrogen and oxygen atoms in total.